The van der Waals surface area contributed by atoms with E-state index in [1.165, 1.54) is 25.3 Å². The summed E-state index contributed by atoms with van der Waals surface area (Å²) >= 11 is 0. The van der Waals surface area contributed by atoms with Gasteiger partial charge in [0.1, 0.15) is 0 Å². The maximum Gasteiger partial charge on any atom is 0.387 e. The maximum atomic E-state index is 12.9. The number of benzene rings is 2. The second kappa shape index (κ2) is 11.4. The van der Waals surface area contributed by atoms with Crippen molar-refractivity contribution in [3.63, 3.8) is 0 Å². The Hall–Kier alpha value is -2.38. The Balaban J connectivity index is 0.00000364. The van der Waals surface area contributed by atoms with E-state index in [9.17, 15) is 13.6 Å². The van der Waals surface area contributed by atoms with Crippen molar-refractivity contribution in [2.75, 3.05) is 20.2 Å². The summed E-state index contributed by atoms with van der Waals surface area (Å²) in [5.74, 6) is -0.325. The first-order valence-corrected chi connectivity index (χ1v) is 8.21. The highest BCUT2D eigenvalue weighted by Gasteiger charge is 2.19. The molecule has 5 nitrogen and oxygen atoms in total. The summed E-state index contributed by atoms with van der Waals surface area (Å²) in [6, 6.07) is 13.8. The Morgan fingerprint density at radius 2 is 1.85 bits per heavy atom. The van der Waals surface area contributed by atoms with E-state index in [-0.39, 0.29) is 35.4 Å². The number of rotatable bonds is 9. The average molecular weight is 401 g/mol. The van der Waals surface area contributed by atoms with Crippen molar-refractivity contribution in [2.45, 2.75) is 19.6 Å². The Bertz CT molecular complexity index is 717. The fourth-order valence-electron chi connectivity index (χ4n) is 2.52. The number of ether oxygens (including phenoxy) is 2. The van der Waals surface area contributed by atoms with E-state index in [4.69, 9.17) is 10.5 Å². The third-order valence-corrected chi connectivity index (χ3v) is 3.76. The first-order chi connectivity index (χ1) is 12.5. The number of hydrogen-bond donors (Lipinski definition) is 1. The predicted molar refractivity (Wildman–Crippen MR) is 102 cm³/mol. The summed E-state index contributed by atoms with van der Waals surface area (Å²) in [5.41, 5.74) is 6.78. The van der Waals surface area contributed by atoms with Crippen molar-refractivity contribution in [1.82, 2.24) is 4.90 Å². The van der Waals surface area contributed by atoms with Crippen LogP contribution in [0.2, 0.25) is 0 Å². The molecule has 0 unspecified atom stereocenters. The summed E-state index contributed by atoms with van der Waals surface area (Å²) in [7, 11) is 1.35. The molecule has 0 saturated heterocycles. The molecular weight excluding hydrogens is 378 g/mol. The first kappa shape index (κ1) is 22.7. The van der Waals surface area contributed by atoms with Gasteiger partial charge >= 0.3 is 6.61 Å². The van der Waals surface area contributed by atoms with Gasteiger partial charge in [0.05, 0.1) is 7.11 Å². The van der Waals surface area contributed by atoms with Crippen molar-refractivity contribution in [2.24, 2.45) is 5.73 Å². The van der Waals surface area contributed by atoms with Crippen LogP contribution in [0.25, 0.3) is 0 Å². The molecule has 0 heterocycles. The average Bonchev–Trinajstić information content (AvgIpc) is 2.65. The van der Waals surface area contributed by atoms with E-state index >= 15 is 0 Å². The van der Waals surface area contributed by atoms with Crippen molar-refractivity contribution in [3.8, 4) is 11.5 Å². The molecule has 2 rings (SSSR count). The minimum atomic E-state index is -3.01. The normalized spacial score (nSPS) is 10.3. The Morgan fingerprint density at radius 3 is 2.44 bits per heavy atom. The van der Waals surface area contributed by atoms with E-state index in [0.717, 1.165) is 5.56 Å². The molecule has 1 amide bonds. The molecule has 2 N–H and O–H groups in total. The van der Waals surface area contributed by atoms with Gasteiger partial charge in [-0.2, -0.15) is 8.78 Å². The van der Waals surface area contributed by atoms with Crippen LogP contribution in [0, 0.1) is 0 Å². The molecule has 148 valence electrons. The summed E-state index contributed by atoms with van der Waals surface area (Å²) in [6.45, 7) is -1.70. The molecule has 0 aliphatic heterocycles. The van der Waals surface area contributed by atoms with Crippen LogP contribution >= 0.6 is 12.4 Å². The van der Waals surface area contributed by atoms with Gasteiger partial charge in [-0.25, -0.2) is 0 Å². The Kier molecular flexibility index (Phi) is 9.53. The minimum Gasteiger partial charge on any atom is -0.493 e. The van der Waals surface area contributed by atoms with Crippen molar-refractivity contribution in [1.29, 1.82) is 0 Å². The van der Waals surface area contributed by atoms with Crippen LogP contribution in [-0.4, -0.2) is 37.6 Å². The van der Waals surface area contributed by atoms with Gasteiger partial charge in [-0.1, -0.05) is 30.3 Å². The standard InChI is InChI=1S/C19H22F2N2O3.ClH/c1-25-16-9-8-15(12-17(16)26-19(20)21)18(24)23(11-5-10-22)13-14-6-3-2-4-7-14;/h2-4,6-9,12,19H,5,10-11,13,22H2,1H3;1H. The SMILES string of the molecule is COc1ccc(C(=O)N(CCCN)Cc2ccccc2)cc1OC(F)F.Cl. The quantitative estimate of drug-likeness (QED) is 0.697. The van der Waals surface area contributed by atoms with Crippen LogP contribution in [-0.2, 0) is 6.54 Å². The highest BCUT2D eigenvalue weighted by molar-refractivity contribution is 5.95. The van der Waals surface area contributed by atoms with Crippen LogP contribution in [0.15, 0.2) is 48.5 Å². The molecule has 0 aliphatic carbocycles. The summed E-state index contributed by atoms with van der Waals surface area (Å²) in [5, 5.41) is 0. The van der Waals surface area contributed by atoms with Crippen LogP contribution in [0.5, 0.6) is 11.5 Å². The lowest BCUT2D eigenvalue weighted by atomic mass is 10.1. The van der Waals surface area contributed by atoms with Crippen LogP contribution in [0.1, 0.15) is 22.3 Å². The molecule has 2 aromatic rings. The van der Waals surface area contributed by atoms with Crippen LogP contribution in [0.3, 0.4) is 0 Å². The Labute approximate surface area is 163 Å². The molecule has 0 radical (unpaired) electrons. The lowest BCUT2D eigenvalue weighted by molar-refractivity contribution is -0.0512. The van der Waals surface area contributed by atoms with Crippen molar-refractivity contribution >= 4 is 18.3 Å². The molecule has 27 heavy (non-hydrogen) atoms. The van der Waals surface area contributed by atoms with E-state index in [1.807, 2.05) is 30.3 Å². The van der Waals surface area contributed by atoms with Gasteiger partial charge in [-0.15, -0.1) is 12.4 Å². The molecule has 2 aromatic carbocycles. The number of halogens is 3. The highest BCUT2D eigenvalue weighted by atomic mass is 35.5. The summed E-state index contributed by atoms with van der Waals surface area (Å²) in [4.78, 5) is 14.5. The number of amides is 1. The van der Waals surface area contributed by atoms with E-state index < -0.39 is 6.61 Å². The maximum absolute atomic E-state index is 12.9. The lowest BCUT2D eigenvalue weighted by Gasteiger charge is -2.23. The fraction of sp³-hybridized carbons (Fsp3) is 0.316. The van der Waals surface area contributed by atoms with Crippen molar-refractivity contribution < 1.29 is 23.0 Å². The molecular formula is C19H23ClF2N2O3. The first-order valence-electron chi connectivity index (χ1n) is 8.21. The zero-order valence-corrected chi connectivity index (χ0v) is 15.8. The monoisotopic (exact) mass is 400 g/mol. The number of hydrogen-bond acceptors (Lipinski definition) is 4. The van der Waals surface area contributed by atoms with Gasteiger partial charge in [-0.3, -0.25) is 4.79 Å². The highest BCUT2D eigenvalue weighted by Crippen LogP contribution is 2.30. The van der Waals surface area contributed by atoms with Gasteiger partial charge in [0, 0.05) is 18.7 Å². The third-order valence-electron chi connectivity index (χ3n) is 3.76. The second-order valence-corrected chi connectivity index (χ2v) is 5.60. The van der Waals surface area contributed by atoms with Gasteiger partial charge in [0.15, 0.2) is 11.5 Å². The number of methoxy groups -OCH3 is 1. The molecule has 0 spiro atoms. The summed E-state index contributed by atoms with van der Waals surface area (Å²) < 4.78 is 34.6. The zero-order chi connectivity index (χ0) is 18.9. The van der Waals surface area contributed by atoms with Gasteiger partial charge in [-0.05, 0) is 36.7 Å². The summed E-state index contributed by atoms with van der Waals surface area (Å²) in [6.07, 6.45) is 0.634. The van der Waals surface area contributed by atoms with Gasteiger partial charge < -0.3 is 20.1 Å². The fourth-order valence-corrected chi connectivity index (χ4v) is 2.52. The van der Waals surface area contributed by atoms with Gasteiger partial charge in [0.2, 0.25) is 0 Å². The number of carbonyl (C=O) groups excluding carboxylic acids is 1. The predicted octanol–water partition coefficient (Wildman–Crippen LogP) is 3.71. The third kappa shape index (κ3) is 6.69. The molecule has 0 fully saturated rings. The lowest BCUT2D eigenvalue weighted by Crippen LogP contribution is -2.32. The number of alkyl halides is 2. The van der Waals surface area contributed by atoms with Crippen molar-refractivity contribution in [3.05, 3.63) is 59.7 Å². The number of nitrogens with zero attached hydrogens (tertiary/aromatic N) is 1. The number of nitrogens with two attached hydrogens (primary N) is 1. The zero-order valence-electron chi connectivity index (χ0n) is 14.9. The van der Waals surface area contributed by atoms with E-state index in [2.05, 4.69) is 4.74 Å². The topological polar surface area (TPSA) is 64.8 Å². The van der Waals surface area contributed by atoms with E-state index in [0.29, 0.717) is 26.1 Å². The minimum absolute atomic E-state index is 0. The molecule has 0 bridgehead atoms. The molecule has 0 aromatic heterocycles. The van der Waals surface area contributed by atoms with Gasteiger partial charge in [0.25, 0.3) is 5.91 Å². The van der Waals surface area contributed by atoms with Crippen LogP contribution in [0.4, 0.5) is 8.78 Å². The molecule has 0 saturated carbocycles. The van der Waals surface area contributed by atoms with E-state index in [1.54, 1.807) is 4.90 Å². The molecule has 0 aliphatic rings. The molecule has 8 heteroatoms. The molecule has 0 atom stereocenters. The Morgan fingerprint density at radius 1 is 1.15 bits per heavy atom. The number of carbonyl (C=O) groups is 1. The largest absolute Gasteiger partial charge is 0.493 e. The smallest absolute Gasteiger partial charge is 0.387 e. The van der Waals surface area contributed by atoms with Crippen LogP contribution < -0.4 is 15.2 Å². The second-order valence-electron chi connectivity index (χ2n) is 5.60.